The summed E-state index contributed by atoms with van der Waals surface area (Å²) in [5, 5.41) is 25.8. The van der Waals surface area contributed by atoms with Crippen LogP contribution >= 0.6 is 0 Å². The van der Waals surface area contributed by atoms with E-state index in [2.05, 4.69) is 24.2 Å². The fraction of sp³-hybridized carbons (Fsp3) is 0.895. The van der Waals surface area contributed by atoms with E-state index in [1.807, 2.05) is 0 Å². The van der Waals surface area contributed by atoms with E-state index in [1.54, 1.807) is 0 Å². The van der Waals surface area contributed by atoms with Gasteiger partial charge in [0.1, 0.15) is 0 Å². The molecule has 4 saturated carbocycles. The molecule has 6 unspecified atom stereocenters. The number of oxime groups is 2. The van der Waals surface area contributed by atoms with Gasteiger partial charge in [-0.25, -0.2) is 0 Å². The smallest absolute Gasteiger partial charge is 0.0632 e. The molecule has 4 heteroatoms. The minimum Gasteiger partial charge on any atom is -0.411 e. The van der Waals surface area contributed by atoms with E-state index in [1.165, 1.54) is 38.5 Å². The summed E-state index contributed by atoms with van der Waals surface area (Å²) in [5.41, 5.74) is 2.64. The predicted molar refractivity (Wildman–Crippen MR) is 90.2 cm³/mol. The lowest BCUT2D eigenvalue weighted by Crippen LogP contribution is -2.53. The zero-order valence-corrected chi connectivity index (χ0v) is 14.5. The summed E-state index contributed by atoms with van der Waals surface area (Å²) in [5.74, 6) is 3.00. The van der Waals surface area contributed by atoms with E-state index >= 15 is 0 Å². The standard InChI is InChI=1S/C19H30N2O2/c1-18-9-7-13(20-22)11-12(18)3-4-14-15-5-6-17(21-23)19(15,2)10-8-16(14)18/h12,14-16,22-23H,3-11H2,1-2H3. The van der Waals surface area contributed by atoms with Gasteiger partial charge in [-0.3, -0.25) is 0 Å². The molecule has 4 fully saturated rings. The van der Waals surface area contributed by atoms with Crippen molar-refractivity contribution in [2.24, 2.45) is 44.8 Å². The lowest BCUT2D eigenvalue weighted by atomic mass is 9.45. The molecule has 128 valence electrons. The van der Waals surface area contributed by atoms with Gasteiger partial charge in [-0.2, -0.15) is 0 Å². The Kier molecular flexibility index (Phi) is 3.51. The zero-order valence-electron chi connectivity index (χ0n) is 14.5. The molecule has 2 N–H and O–H groups in total. The van der Waals surface area contributed by atoms with Crippen LogP contribution in [0.5, 0.6) is 0 Å². The Bertz CT molecular complexity index is 558. The Hall–Kier alpha value is -1.06. The van der Waals surface area contributed by atoms with Crippen LogP contribution in [-0.4, -0.2) is 21.8 Å². The van der Waals surface area contributed by atoms with Crippen molar-refractivity contribution in [1.82, 2.24) is 0 Å². The van der Waals surface area contributed by atoms with Crippen LogP contribution in [-0.2, 0) is 0 Å². The molecule has 23 heavy (non-hydrogen) atoms. The molecule has 4 aliphatic carbocycles. The number of nitrogens with zero attached hydrogens (tertiary/aromatic N) is 2. The summed E-state index contributed by atoms with van der Waals surface area (Å²) in [6.45, 7) is 4.86. The van der Waals surface area contributed by atoms with Crippen LogP contribution in [0.1, 0.15) is 71.6 Å². The Morgan fingerprint density at radius 1 is 0.913 bits per heavy atom. The van der Waals surface area contributed by atoms with E-state index in [4.69, 9.17) is 5.21 Å². The van der Waals surface area contributed by atoms with Crippen LogP contribution < -0.4 is 0 Å². The van der Waals surface area contributed by atoms with Crippen LogP contribution in [0, 0.1) is 34.5 Å². The molecule has 0 heterocycles. The van der Waals surface area contributed by atoms with Crippen LogP contribution in [0.25, 0.3) is 0 Å². The first-order valence-electron chi connectivity index (χ1n) is 9.44. The van der Waals surface area contributed by atoms with Gasteiger partial charge in [0.15, 0.2) is 0 Å². The van der Waals surface area contributed by atoms with Gasteiger partial charge >= 0.3 is 0 Å². The van der Waals surface area contributed by atoms with Crippen molar-refractivity contribution >= 4 is 11.4 Å². The number of hydrogen-bond acceptors (Lipinski definition) is 4. The van der Waals surface area contributed by atoms with Crippen molar-refractivity contribution in [1.29, 1.82) is 0 Å². The van der Waals surface area contributed by atoms with E-state index in [9.17, 15) is 5.21 Å². The van der Waals surface area contributed by atoms with Gasteiger partial charge in [0.05, 0.1) is 11.4 Å². The molecule has 6 atom stereocenters. The number of rotatable bonds is 0. The number of fused-ring (bicyclic) bond motifs is 5. The van der Waals surface area contributed by atoms with Crippen molar-refractivity contribution in [3.8, 4) is 0 Å². The summed E-state index contributed by atoms with van der Waals surface area (Å²) in [4.78, 5) is 0. The molecule has 0 bridgehead atoms. The predicted octanol–water partition coefficient (Wildman–Crippen LogP) is 4.69. The Morgan fingerprint density at radius 2 is 1.74 bits per heavy atom. The van der Waals surface area contributed by atoms with Gasteiger partial charge in [-0.1, -0.05) is 24.2 Å². The van der Waals surface area contributed by atoms with Gasteiger partial charge in [-0.05, 0) is 86.9 Å². The zero-order chi connectivity index (χ0) is 16.2. The van der Waals surface area contributed by atoms with Crippen molar-refractivity contribution in [2.75, 3.05) is 0 Å². The molecular weight excluding hydrogens is 288 g/mol. The van der Waals surface area contributed by atoms with Crippen LogP contribution in [0.4, 0.5) is 0 Å². The molecule has 4 aliphatic rings. The van der Waals surface area contributed by atoms with Gasteiger partial charge in [0.2, 0.25) is 0 Å². The van der Waals surface area contributed by atoms with Crippen LogP contribution in [0.15, 0.2) is 10.3 Å². The molecule has 4 nitrogen and oxygen atoms in total. The Balaban J connectivity index is 1.63. The Morgan fingerprint density at radius 3 is 2.48 bits per heavy atom. The molecule has 0 aromatic heterocycles. The molecule has 0 saturated heterocycles. The molecule has 0 radical (unpaired) electrons. The molecule has 4 rings (SSSR count). The lowest BCUT2D eigenvalue weighted by molar-refractivity contribution is -0.0819. The van der Waals surface area contributed by atoms with E-state index < -0.39 is 0 Å². The average Bonchev–Trinajstić information content (AvgIpc) is 2.90. The first kappa shape index (κ1) is 15.5. The van der Waals surface area contributed by atoms with E-state index in [-0.39, 0.29) is 5.41 Å². The normalized spacial score (nSPS) is 53.0. The van der Waals surface area contributed by atoms with E-state index in [0.29, 0.717) is 17.3 Å². The van der Waals surface area contributed by atoms with Crippen molar-refractivity contribution < 1.29 is 10.4 Å². The van der Waals surface area contributed by atoms with Crippen molar-refractivity contribution in [3.05, 3.63) is 0 Å². The molecule has 0 aliphatic heterocycles. The maximum absolute atomic E-state index is 9.41. The summed E-state index contributed by atoms with van der Waals surface area (Å²) >= 11 is 0. The van der Waals surface area contributed by atoms with Gasteiger partial charge in [0, 0.05) is 5.41 Å². The summed E-state index contributed by atoms with van der Waals surface area (Å²) < 4.78 is 0. The molecule has 0 aromatic rings. The highest BCUT2D eigenvalue weighted by Gasteiger charge is 2.59. The van der Waals surface area contributed by atoms with Gasteiger partial charge < -0.3 is 10.4 Å². The van der Waals surface area contributed by atoms with Crippen molar-refractivity contribution in [2.45, 2.75) is 71.6 Å². The fourth-order valence-electron chi connectivity index (χ4n) is 7.10. The summed E-state index contributed by atoms with van der Waals surface area (Å²) in [7, 11) is 0. The maximum Gasteiger partial charge on any atom is 0.0632 e. The largest absolute Gasteiger partial charge is 0.411 e. The molecule has 0 spiro atoms. The topological polar surface area (TPSA) is 65.2 Å². The second-order valence-corrected chi connectivity index (χ2v) is 9.07. The fourth-order valence-corrected chi connectivity index (χ4v) is 7.10. The van der Waals surface area contributed by atoms with E-state index in [0.717, 1.165) is 42.5 Å². The third-order valence-electron chi connectivity index (χ3n) is 8.50. The van der Waals surface area contributed by atoms with Gasteiger partial charge in [0.25, 0.3) is 0 Å². The minimum absolute atomic E-state index is 0.144. The summed E-state index contributed by atoms with van der Waals surface area (Å²) in [6.07, 6.45) is 10.4. The number of hydrogen-bond donors (Lipinski definition) is 2. The first-order valence-corrected chi connectivity index (χ1v) is 9.44. The third kappa shape index (κ3) is 2.02. The highest BCUT2D eigenvalue weighted by molar-refractivity contribution is 5.92. The quantitative estimate of drug-likeness (QED) is 0.502. The first-order chi connectivity index (χ1) is 11.0. The van der Waals surface area contributed by atoms with Crippen LogP contribution in [0.2, 0.25) is 0 Å². The molecular formula is C19H30N2O2. The second kappa shape index (κ2) is 5.22. The SMILES string of the molecule is CC12CCC3C(CCC4CC(=NO)CCC43C)C1CCC2=NO. The maximum atomic E-state index is 9.41. The third-order valence-corrected chi connectivity index (χ3v) is 8.50. The molecule has 0 aromatic carbocycles. The Labute approximate surface area is 139 Å². The van der Waals surface area contributed by atoms with Crippen LogP contribution in [0.3, 0.4) is 0 Å². The molecule has 0 amide bonds. The van der Waals surface area contributed by atoms with Crippen molar-refractivity contribution in [3.63, 3.8) is 0 Å². The second-order valence-electron chi connectivity index (χ2n) is 9.07. The lowest BCUT2D eigenvalue weighted by Gasteiger charge is -2.59. The summed E-state index contributed by atoms with van der Waals surface area (Å²) in [6, 6.07) is 0. The van der Waals surface area contributed by atoms with Gasteiger partial charge in [-0.15, -0.1) is 0 Å². The highest BCUT2D eigenvalue weighted by Crippen LogP contribution is 2.65. The average molecular weight is 318 g/mol. The monoisotopic (exact) mass is 318 g/mol. The highest BCUT2D eigenvalue weighted by atomic mass is 16.4. The minimum atomic E-state index is 0.144.